The van der Waals surface area contributed by atoms with Crippen LogP contribution in [-0.4, -0.2) is 95.4 Å². The minimum atomic E-state index is -2.29. The van der Waals surface area contributed by atoms with Crippen LogP contribution >= 0.6 is 0 Å². The topological polar surface area (TPSA) is 28.2 Å². The van der Waals surface area contributed by atoms with Crippen LogP contribution in [0.25, 0.3) is 0 Å². The van der Waals surface area contributed by atoms with Crippen LogP contribution in [0.4, 0.5) is 0 Å². The number of hydrogen-bond acceptors (Lipinski definition) is 5. The van der Waals surface area contributed by atoms with E-state index in [4.69, 9.17) is 8.85 Å². The molecular weight excluding hydrogens is 486 g/mol. The van der Waals surface area contributed by atoms with Gasteiger partial charge in [0.25, 0.3) is 0 Å². The fraction of sp³-hybridized carbons (Fsp3) is 1.00. The molecule has 38 heavy (non-hydrogen) atoms. The molecule has 0 rings (SSSR count). The Morgan fingerprint density at radius 3 is 0.947 bits per heavy atom. The molecule has 0 aliphatic rings. The van der Waals surface area contributed by atoms with Crippen molar-refractivity contribution in [1.82, 2.24) is 14.7 Å². The van der Waals surface area contributed by atoms with E-state index < -0.39 is 8.56 Å². The lowest BCUT2D eigenvalue weighted by molar-refractivity contribution is 0.109. The fourth-order valence-corrected chi connectivity index (χ4v) is 9.97. The van der Waals surface area contributed by atoms with E-state index >= 15 is 0 Å². The van der Waals surface area contributed by atoms with Crippen molar-refractivity contribution in [2.45, 2.75) is 132 Å². The summed E-state index contributed by atoms with van der Waals surface area (Å²) in [5.41, 5.74) is 0.256. The minimum Gasteiger partial charge on any atom is -0.394 e. The van der Waals surface area contributed by atoms with Crippen molar-refractivity contribution >= 4 is 8.56 Å². The van der Waals surface area contributed by atoms with Gasteiger partial charge in [-0.05, 0) is 148 Å². The Labute approximate surface area is 241 Å². The third-order valence-corrected chi connectivity index (χ3v) is 12.1. The second kappa shape index (κ2) is 23.7. The maximum atomic E-state index is 6.66. The van der Waals surface area contributed by atoms with Gasteiger partial charge in [-0.25, -0.2) is 0 Å². The van der Waals surface area contributed by atoms with Gasteiger partial charge in [0.2, 0.25) is 0 Å². The molecule has 0 aliphatic carbocycles. The third-order valence-electron chi connectivity index (χ3n) is 8.11. The van der Waals surface area contributed by atoms with Crippen LogP contribution in [-0.2, 0) is 8.85 Å². The van der Waals surface area contributed by atoms with Crippen LogP contribution in [0.15, 0.2) is 0 Å². The summed E-state index contributed by atoms with van der Waals surface area (Å²) in [5, 5.41) is 0. The summed E-state index contributed by atoms with van der Waals surface area (Å²) >= 11 is 0. The number of hydrogen-bond donors (Lipinski definition) is 0. The van der Waals surface area contributed by atoms with Gasteiger partial charge in [0.1, 0.15) is 0 Å². The first-order valence-electron chi connectivity index (χ1n) is 16.8. The first-order chi connectivity index (χ1) is 18.4. The first-order valence-corrected chi connectivity index (χ1v) is 19.0. The van der Waals surface area contributed by atoms with Gasteiger partial charge in [-0.15, -0.1) is 0 Å². The largest absolute Gasteiger partial charge is 0.394 e. The molecule has 0 aliphatic heterocycles. The Morgan fingerprint density at radius 1 is 0.447 bits per heavy atom. The lowest BCUT2D eigenvalue weighted by atomic mass is 9.79. The fourth-order valence-electron chi connectivity index (χ4n) is 6.30. The van der Waals surface area contributed by atoms with Crippen molar-refractivity contribution in [1.29, 1.82) is 0 Å². The molecule has 0 radical (unpaired) electrons. The summed E-state index contributed by atoms with van der Waals surface area (Å²) < 4.78 is 13.3. The highest BCUT2D eigenvalue weighted by molar-refractivity contribution is 6.67. The zero-order valence-corrected chi connectivity index (χ0v) is 28.7. The van der Waals surface area contributed by atoms with Gasteiger partial charge >= 0.3 is 8.56 Å². The van der Waals surface area contributed by atoms with Crippen LogP contribution in [0.2, 0.25) is 12.1 Å². The molecule has 0 saturated heterocycles. The highest BCUT2D eigenvalue weighted by atomic mass is 28.4. The van der Waals surface area contributed by atoms with Crippen molar-refractivity contribution in [3.63, 3.8) is 0 Å². The van der Waals surface area contributed by atoms with E-state index in [1.165, 1.54) is 117 Å². The maximum absolute atomic E-state index is 6.66. The van der Waals surface area contributed by atoms with Gasteiger partial charge in [0, 0.05) is 13.2 Å². The summed E-state index contributed by atoms with van der Waals surface area (Å²) in [5.74, 6) is 0. The number of rotatable bonds is 28. The molecule has 0 N–H and O–H groups in total. The van der Waals surface area contributed by atoms with E-state index in [0.29, 0.717) is 0 Å². The Kier molecular flexibility index (Phi) is 23.7. The van der Waals surface area contributed by atoms with E-state index in [2.05, 4.69) is 77.0 Å². The maximum Gasteiger partial charge on any atom is 0.338 e. The van der Waals surface area contributed by atoms with Gasteiger partial charge in [0.05, 0.1) is 0 Å². The summed E-state index contributed by atoms with van der Waals surface area (Å²) in [7, 11) is -2.29. The molecule has 0 amide bonds. The zero-order chi connectivity index (χ0) is 28.7. The van der Waals surface area contributed by atoms with Crippen LogP contribution in [0.3, 0.4) is 0 Å². The lowest BCUT2D eigenvalue weighted by Gasteiger charge is -2.44. The molecular formula is C32H71N3O2Si. The van der Waals surface area contributed by atoms with E-state index in [1.807, 2.05) is 0 Å². The molecule has 0 aromatic rings. The second-order valence-electron chi connectivity index (χ2n) is 11.6. The van der Waals surface area contributed by atoms with Crippen molar-refractivity contribution in [2.75, 3.05) is 72.1 Å². The highest BCUT2D eigenvalue weighted by Gasteiger charge is 2.45. The van der Waals surface area contributed by atoms with Gasteiger partial charge < -0.3 is 23.6 Å². The van der Waals surface area contributed by atoms with Gasteiger partial charge in [-0.2, -0.15) is 0 Å². The molecule has 0 heterocycles. The first kappa shape index (κ1) is 38.0. The predicted molar refractivity (Wildman–Crippen MR) is 172 cm³/mol. The van der Waals surface area contributed by atoms with E-state index in [-0.39, 0.29) is 5.41 Å². The average Bonchev–Trinajstić information content (AvgIpc) is 2.90. The van der Waals surface area contributed by atoms with Crippen molar-refractivity contribution < 1.29 is 8.85 Å². The predicted octanol–water partition coefficient (Wildman–Crippen LogP) is 8.04. The van der Waals surface area contributed by atoms with Crippen molar-refractivity contribution in [3.8, 4) is 0 Å². The lowest BCUT2D eigenvalue weighted by Crippen LogP contribution is -2.49. The summed E-state index contributed by atoms with van der Waals surface area (Å²) in [4.78, 5) is 8.20. The van der Waals surface area contributed by atoms with Gasteiger partial charge in [0.15, 0.2) is 0 Å². The number of nitrogens with zero attached hydrogens (tertiary/aromatic N) is 3. The van der Waals surface area contributed by atoms with Crippen LogP contribution in [0, 0.1) is 5.41 Å². The molecule has 6 heteroatoms. The molecule has 0 aromatic heterocycles. The van der Waals surface area contributed by atoms with Gasteiger partial charge in [-0.1, -0.05) is 48.5 Å². The molecule has 5 nitrogen and oxygen atoms in total. The summed E-state index contributed by atoms with van der Waals surface area (Å²) in [6.45, 7) is 33.1. The van der Waals surface area contributed by atoms with Crippen molar-refractivity contribution in [3.05, 3.63) is 0 Å². The molecule has 230 valence electrons. The van der Waals surface area contributed by atoms with E-state index in [9.17, 15) is 0 Å². The highest BCUT2D eigenvalue weighted by Crippen LogP contribution is 2.42. The Hall–Kier alpha value is 0.0169. The van der Waals surface area contributed by atoms with Crippen molar-refractivity contribution in [2.24, 2.45) is 5.41 Å². The summed E-state index contributed by atoms with van der Waals surface area (Å²) in [6, 6.07) is 2.19. The van der Waals surface area contributed by atoms with Gasteiger partial charge in [-0.3, -0.25) is 0 Å². The Balaban J connectivity index is 6.36. The SMILES string of the molecule is CCCN(CCC)CCC(CCN(CCC)CCC)(CCN(CCC)CCC)C[Si](CC)(OCC)OCC. The van der Waals surface area contributed by atoms with Crippen LogP contribution in [0.5, 0.6) is 0 Å². The normalized spacial score (nSPS) is 12.9. The molecule has 0 atom stereocenters. The second-order valence-corrected chi connectivity index (χ2v) is 15.0. The Morgan fingerprint density at radius 2 is 0.737 bits per heavy atom. The molecule has 0 saturated carbocycles. The van der Waals surface area contributed by atoms with Crippen LogP contribution in [0.1, 0.15) is 120 Å². The van der Waals surface area contributed by atoms with Crippen LogP contribution < -0.4 is 0 Å². The quantitative estimate of drug-likeness (QED) is 0.0908. The average molecular weight is 558 g/mol. The monoisotopic (exact) mass is 558 g/mol. The molecule has 0 aromatic carbocycles. The standard InChI is InChI=1S/C32H71N3O2Si/c1-10-22-33(23-11-2)28-19-32(20-29-34(24-12-3)25-13-4,21-30-35(26-14-5)27-15-6)31-38(18-9,36-16-7)37-17-8/h10-31H2,1-9H3. The van der Waals surface area contributed by atoms with E-state index in [0.717, 1.165) is 25.3 Å². The Bertz CT molecular complexity index is 449. The minimum absolute atomic E-state index is 0.256. The zero-order valence-electron chi connectivity index (χ0n) is 27.7. The summed E-state index contributed by atoms with van der Waals surface area (Å²) in [6.07, 6.45) is 11.2. The smallest absolute Gasteiger partial charge is 0.338 e. The third kappa shape index (κ3) is 15.7. The molecule has 0 bridgehead atoms. The molecule has 0 unspecified atom stereocenters. The molecule has 0 spiro atoms. The molecule has 0 fully saturated rings. The van der Waals surface area contributed by atoms with E-state index in [1.54, 1.807) is 0 Å².